The van der Waals surface area contributed by atoms with E-state index in [0.717, 1.165) is 26.1 Å². The summed E-state index contributed by atoms with van der Waals surface area (Å²) in [5.41, 5.74) is 3.94. The maximum atomic E-state index is 5.65. The van der Waals surface area contributed by atoms with Gasteiger partial charge in [-0.3, -0.25) is 0 Å². The van der Waals surface area contributed by atoms with Gasteiger partial charge < -0.3 is 4.74 Å². The number of rotatable bonds is 7. The minimum Gasteiger partial charge on any atom is -0.377 e. The van der Waals surface area contributed by atoms with Crippen LogP contribution in [-0.2, 0) is 11.3 Å². The first-order valence-electron chi connectivity index (χ1n) is 5.99. The van der Waals surface area contributed by atoms with Crippen molar-refractivity contribution >= 4 is 0 Å². The van der Waals surface area contributed by atoms with Crippen LogP contribution in [0.3, 0.4) is 0 Å². The molecule has 0 spiro atoms. The molecular weight excluding hydrogens is 196 g/mol. The van der Waals surface area contributed by atoms with E-state index in [4.69, 9.17) is 4.74 Å². The van der Waals surface area contributed by atoms with E-state index in [0.29, 0.717) is 0 Å². The summed E-state index contributed by atoms with van der Waals surface area (Å²) in [6.07, 6.45) is 5.35. The van der Waals surface area contributed by atoms with Gasteiger partial charge in [-0.25, -0.2) is 0 Å². The highest BCUT2D eigenvalue weighted by atomic mass is 16.5. The highest BCUT2D eigenvalue weighted by Crippen LogP contribution is 2.11. The van der Waals surface area contributed by atoms with E-state index in [9.17, 15) is 0 Å². The zero-order valence-electron chi connectivity index (χ0n) is 10.5. The van der Waals surface area contributed by atoms with Gasteiger partial charge in [0.05, 0.1) is 6.61 Å². The van der Waals surface area contributed by atoms with Crippen LogP contribution in [0.1, 0.15) is 36.0 Å². The van der Waals surface area contributed by atoms with Crippen molar-refractivity contribution in [3.05, 3.63) is 47.5 Å². The Bertz CT molecular complexity index is 328. The van der Waals surface area contributed by atoms with E-state index in [1.165, 1.54) is 23.1 Å². The number of unbranched alkanes of at least 4 members (excludes halogenated alkanes) is 2. The molecule has 1 heteroatoms. The smallest absolute Gasteiger partial charge is 0.0719 e. The minimum absolute atomic E-state index is 0.736. The topological polar surface area (TPSA) is 9.23 Å². The van der Waals surface area contributed by atoms with Gasteiger partial charge in [0, 0.05) is 6.61 Å². The third-order valence-corrected chi connectivity index (χ3v) is 2.70. The fraction of sp³-hybridized carbons (Fsp3) is 0.467. The van der Waals surface area contributed by atoms with Gasteiger partial charge in [0.15, 0.2) is 0 Å². The lowest BCUT2D eigenvalue weighted by molar-refractivity contribution is 0.117. The molecule has 1 aromatic carbocycles. The van der Waals surface area contributed by atoms with Crippen LogP contribution in [0.4, 0.5) is 0 Å². The summed E-state index contributed by atoms with van der Waals surface area (Å²) in [6, 6.07) is 6.51. The zero-order chi connectivity index (χ0) is 11.8. The fourth-order valence-electron chi connectivity index (χ4n) is 1.68. The van der Waals surface area contributed by atoms with Gasteiger partial charge in [0.25, 0.3) is 0 Å². The molecule has 0 bridgehead atoms. The second kappa shape index (κ2) is 7.24. The molecule has 1 aromatic rings. The van der Waals surface area contributed by atoms with Crippen molar-refractivity contribution < 1.29 is 4.74 Å². The van der Waals surface area contributed by atoms with Crippen LogP contribution in [0.15, 0.2) is 30.9 Å². The third-order valence-electron chi connectivity index (χ3n) is 2.70. The van der Waals surface area contributed by atoms with Crippen LogP contribution in [-0.4, -0.2) is 6.61 Å². The Hall–Kier alpha value is -1.08. The number of benzene rings is 1. The summed E-state index contributed by atoms with van der Waals surface area (Å²) in [6.45, 7) is 9.55. The number of ether oxygens (including phenoxy) is 1. The minimum atomic E-state index is 0.736. The van der Waals surface area contributed by atoms with E-state index in [1.54, 1.807) is 0 Å². The van der Waals surface area contributed by atoms with Gasteiger partial charge in [-0.05, 0) is 44.2 Å². The number of hydrogen-bond donors (Lipinski definition) is 0. The van der Waals surface area contributed by atoms with Gasteiger partial charge >= 0.3 is 0 Å². The molecule has 0 aliphatic heterocycles. The first-order valence-corrected chi connectivity index (χ1v) is 5.99. The lowest BCUT2D eigenvalue weighted by atomic mass is 10.1. The molecule has 0 saturated carbocycles. The molecule has 0 heterocycles. The first-order chi connectivity index (χ1) is 7.74. The third kappa shape index (κ3) is 4.63. The Kier molecular flexibility index (Phi) is 5.87. The van der Waals surface area contributed by atoms with Gasteiger partial charge in [0.2, 0.25) is 0 Å². The van der Waals surface area contributed by atoms with Gasteiger partial charge in [-0.15, -0.1) is 6.58 Å². The molecule has 0 amide bonds. The van der Waals surface area contributed by atoms with Crippen molar-refractivity contribution in [3.63, 3.8) is 0 Å². The predicted molar refractivity (Wildman–Crippen MR) is 69.6 cm³/mol. The van der Waals surface area contributed by atoms with Crippen LogP contribution in [0.25, 0.3) is 0 Å². The van der Waals surface area contributed by atoms with Crippen molar-refractivity contribution in [1.29, 1.82) is 0 Å². The summed E-state index contributed by atoms with van der Waals surface area (Å²) >= 11 is 0. The molecule has 1 nitrogen and oxygen atoms in total. The van der Waals surface area contributed by atoms with Crippen molar-refractivity contribution in [3.8, 4) is 0 Å². The molecule has 0 N–H and O–H groups in total. The van der Waals surface area contributed by atoms with Crippen LogP contribution >= 0.6 is 0 Å². The molecule has 0 saturated heterocycles. The van der Waals surface area contributed by atoms with E-state index in [2.05, 4.69) is 38.6 Å². The van der Waals surface area contributed by atoms with Gasteiger partial charge in [-0.2, -0.15) is 0 Å². The molecule has 0 unspecified atom stereocenters. The lowest BCUT2D eigenvalue weighted by Gasteiger charge is -2.07. The van der Waals surface area contributed by atoms with Crippen LogP contribution in [0.2, 0.25) is 0 Å². The Balaban J connectivity index is 2.24. The number of allylic oxidation sites excluding steroid dienone is 1. The molecule has 0 atom stereocenters. The van der Waals surface area contributed by atoms with E-state index in [-0.39, 0.29) is 0 Å². The van der Waals surface area contributed by atoms with Crippen LogP contribution in [0.5, 0.6) is 0 Å². The second-order valence-corrected chi connectivity index (χ2v) is 4.27. The monoisotopic (exact) mass is 218 g/mol. The Morgan fingerprint density at radius 1 is 1.25 bits per heavy atom. The maximum Gasteiger partial charge on any atom is 0.0719 e. The molecular formula is C15H22O. The molecule has 88 valence electrons. The summed E-state index contributed by atoms with van der Waals surface area (Å²) < 4.78 is 5.65. The maximum absolute atomic E-state index is 5.65. The molecule has 0 aliphatic carbocycles. The highest BCUT2D eigenvalue weighted by molar-refractivity contribution is 5.29. The number of hydrogen-bond acceptors (Lipinski definition) is 1. The molecule has 16 heavy (non-hydrogen) atoms. The average molecular weight is 218 g/mol. The van der Waals surface area contributed by atoms with E-state index < -0.39 is 0 Å². The van der Waals surface area contributed by atoms with Gasteiger partial charge in [-0.1, -0.05) is 29.8 Å². The van der Waals surface area contributed by atoms with E-state index in [1.807, 2.05) is 6.08 Å². The van der Waals surface area contributed by atoms with Crippen molar-refractivity contribution in [2.45, 2.75) is 39.7 Å². The normalized spacial score (nSPS) is 10.4. The first kappa shape index (κ1) is 13.0. The molecule has 1 rings (SSSR count). The average Bonchev–Trinajstić information content (AvgIpc) is 2.26. The van der Waals surface area contributed by atoms with E-state index >= 15 is 0 Å². The zero-order valence-corrected chi connectivity index (χ0v) is 10.5. The summed E-state index contributed by atoms with van der Waals surface area (Å²) in [4.78, 5) is 0. The summed E-state index contributed by atoms with van der Waals surface area (Å²) in [5, 5.41) is 0. The SMILES string of the molecule is C=CCCCCOCc1ccc(C)cc1C. The molecule has 0 fully saturated rings. The molecule has 0 aromatic heterocycles. The summed E-state index contributed by atoms with van der Waals surface area (Å²) in [7, 11) is 0. The standard InChI is InChI=1S/C15H22O/c1-4-5-6-7-10-16-12-15-9-8-13(2)11-14(15)3/h4,8-9,11H,1,5-7,10,12H2,2-3H3. The Morgan fingerprint density at radius 3 is 2.75 bits per heavy atom. The fourth-order valence-corrected chi connectivity index (χ4v) is 1.68. The molecule has 0 radical (unpaired) electrons. The Morgan fingerprint density at radius 2 is 2.06 bits per heavy atom. The number of aryl methyl sites for hydroxylation is 2. The highest BCUT2D eigenvalue weighted by Gasteiger charge is 1.98. The van der Waals surface area contributed by atoms with Crippen molar-refractivity contribution in [2.24, 2.45) is 0 Å². The molecule has 0 aliphatic rings. The lowest BCUT2D eigenvalue weighted by Crippen LogP contribution is -1.97. The summed E-state index contributed by atoms with van der Waals surface area (Å²) in [5.74, 6) is 0. The van der Waals surface area contributed by atoms with Gasteiger partial charge in [0.1, 0.15) is 0 Å². The largest absolute Gasteiger partial charge is 0.377 e. The van der Waals surface area contributed by atoms with Crippen LogP contribution in [0, 0.1) is 13.8 Å². The predicted octanol–water partition coefficient (Wildman–Crippen LogP) is 4.18. The van der Waals surface area contributed by atoms with Crippen LogP contribution < -0.4 is 0 Å². The Labute approximate surface area is 99.1 Å². The quantitative estimate of drug-likeness (QED) is 0.493. The second-order valence-electron chi connectivity index (χ2n) is 4.27. The van der Waals surface area contributed by atoms with Crippen molar-refractivity contribution in [2.75, 3.05) is 6.61 Å². The van der Waals surface area contributed by atoms with Crippen molar-refractivity contribution in [1.82, 2.24) is 0 Å².